The van der Waals surface area contributed by atoms with Crippen LogP contribution in [0.25, 0.3) is 0 Å². The second-order valence-electron chi connectivity index (χ2n) is 3.18. The van der Waals surface area contributed by atoms with Crippen LogP contribution in [0.3, 0.4) is 0 Å². The Kier molecular flexibility index (Phi) is 5.87. The zero-order chi connectivity index (χ0) is 11.1. The Bertz CT molecular complexity index is 206. The van der Waals surface area contributed by atoms with E-state index in [4.69, 9.17) is 5.73 Å². The van der Waals surface area contributed by atoms with Gasteiger partial charge in [-0.1, -0.05) is 6.92 Å². The summed E-state index contributed by atoms with van der Waals surface area (Å²) in [7, 11) is 1.28. The van der Waals surface area contributed by atoms with Crippen molar-refractivity contribution in [2.24, 2.45) is 5.73 Å². The Morgan fingerprint density at radius 2 is 2.07 bits per heavy atom. The molecule has 0 aliphatic carbocycles. The van der Waals surface area contributed by atoms with E-state index in [2.05, 4.69) is 10.1 Å². The number of nitrogens with two attached hydrogens (primary N) is 1. The SMILES string of the molecule is CCC(N)CC(=O)NC(C)C(=O)OC. The first-order valence-corrected chi connectivity index (χ1v) is 4.64. The predicted octanol–water partition coefficient (Wildman–Crippen LogP) is -0.208. The maximum Gasteiger partial charge on any atom is 0.328 e. The highest BCUT2D eigenvalue weighted by molar-refractivity contribution is 5.84. The van der Waals surface area contributed by atoms with E-state index in [1.807, 2.05) is 6.92 Å². The van der Waals surface area contributed by atoms with Crippen LogP contribution in [0.15, 0.2) is 0 Å². The van der Waals surface area contributed by atoms with E-state index in [0.29, 0.717) is 0 Å². The largest absolute Gasteiger partial charge is 0.467 e. The van der Waals surface area contributed by atoms with Gasteiger partial charge in [-0.15, -0.1) is 0 Å². The lowest BCUT2D eigenvalue weighted by molar-refractivity contribution is -0.144. The number of ether oxygens (including phenoxy) is 1. The Balaban J connectivity index is 3.88. The van der Waals surface area contributed by atoms with Crippen molar-refractivity contribution in [3.8, 4) is 0 Å². The monoisotopic (exact) mass is 202 g/mol. The molecule has 5 nitrogen and oxygen atoms in total. The van der Waals surface area contributed by atoms with E-state index in [0.717, 1.165) is 6.42 Å². The van der Waals surface area contributed by atoms with Gasteiger partial charge in [0, 0.05) is 12.5 Å². The minimum absolute atomic E-state index is 0.153. The van der Waals surface area contributed by atoms with Gasteiger partial charge in [0.1, 0.15) is 6.04 Å². The van der Waals surface area contributed by atoms with E-state index in [1.54, 1.807) is 6.92 Å². The topological polar surface area (TPSA) is 81.4 Å². The second kappa shape index (κ2) is 6.37. The molecule has 2 atom stereocenters. The molecule has 0 bridgehead atoms. The summed E-state index contributed by atoms with van der Waals surface area (Å²) in [6.07, 6.45) is 0.970. The molecule has 0 saturated carbocycles. The van der Waals surface area contributed by atoms with Gasteiger partial charge in [-0.2, -0.15) is 0 Å². The smallest absolute Gasteiger partial charge is 0.328 e. The Morgan fingerprint density at radius 3 is 2.50 bits per heavy atom. The molecule has 0 heterocycles. The van der Waals surface area contributed by atoms with Crippen molar-refractivity contribution in [1.29, 1.82) is 0 Å². The number of hydrogen-bond acceptors (Lipinski definition) is 4. The third-order valence-corrected chi connectivity index (χ3v) is 1.90. The number of hydrogen-bond donors (Lipinski definition) is 2. The molecule has 0 aromatic rings. The van der Waals surface area contributed by atoms with Crippen molar-refractivity contribution in [3.05, 3.63) is 0 Å². The molecule has 82 valence electrons. The minimum atomic E-state index is -0.614. The highest BCUT2D eigenvalue weighted by Crippen LogP contribution is 1.94. The molecule has 0 spiro atoms. The summed E-state index contributed by atoms with van der Waals surface area (Å²) < 4.78 is 4.46. The average molecular weight is 202 g/mol. The Hall–Kier alpha value is -1.10. The number of methoxy groups -OCH3 is 1. The van der Waals surface area contributed by atoms with E-state index >= 15 is 0 Å². The number of nitrogens with one attached hydrogen (secondary N) is 1. The van der Waals surface area contributed by atoms with E-state index < -0.39 is 12.0 Å². The van der Waals surface area contributed by atoms with Gasteiger partial charge in [0.25, 0.3) is 0 Å². The van der Waals surface area contributed by atoms with Gasteiger partial charge in [-0.25, -0.2) is 4.79 Å². The molecule has 0 aromatic carbocycles. The highest BCUT2D eigenvalue weighted by atomic mass is 16.5. The van der Waals surface area contributed by atoms with Gasteiger partial charge in [0.2, 0.25) is 5.91 Å². The molecule has 1 amide bonds. The molecule has 5 heteroatoms. The number of esters is 1. The molecule has 0 saturated heterocycles. The van der Waals surface area contributed by atoms with Crippen LogP contribution < -0.4 is 11.1 Å². The van der Waals surface area contributed by atoms with Crippen LogP contribution in [0.1, 0.15) is 26.7 Å². The molecule has 0 radical (unpaired) electrons. The zero-order valence-electron chi connectivity index (χ0n) is 8.87. The summed E-state index contributed by atoms with van der Waals surface area (Å²) in [5, 5.41) is 2.50. The molecule has 2 unspecified atom stereocenters. The number of amides is 1. The Labute approximate surface area is 84.0 Å². The molecular weight excluding hydrogens is 184 g/mol. The predicted molar refractivity (Wildman–Crippen MR) is 52.5 cm³/mol. The molecule has 0 rings (SSSR count). The summed E-state index contributed by atoms with van der Waals surface area (Å²) in [4.78, 5) is 22.2. The summed E-state index contributed by atoms with van der Waals surface area (Å²) >= 11 is 0. The first kappa shape index (κ1) is 12.9. The van der Waals surface area contributed by atoms with Gasteiger partial charge in [-0.05, 0) is 13.3 Å². The summed E-state index contributed by atoms with van der Waals surface area (Å²) in [5.74, 6) is -0.680. The fraction of sp³-hybridized carbons (Fsp3) is 0.778. The number of carbonyl (C=O) groups excluding carboxylic acids is 2. The highest BCUT2D eigenvalue weighted by Gasteiger charge is 2.16. The summed E-state index contributed by atoms with van der Waals surface area (Å²) in [6.45, 7) is 3.48. The average Bonchev–Trinajstić information content (AvgIpc) is 2.15. The van der Waals surface area contributed by atoms with Gasteiger partial charge in [0.05, 0.1) is 7.11 Å². The first-order chi connectivity index (χ1) is 6.51. The standard InChI is InChI=1S/C9H18N2O3/c1-4-7(10)5-8(12)11-6(2)9(13)14-3/h6-7H,4-5,10H2,1-3H3,(H,11,12). The number of rotatable bonds is 5. The van der Waals surface area contributed by atoms with Crippen molar-refractivity contribution in [3.63, 3.8) is 0 Å². The van der Waals surface area contributed by atoms with Crippen molar-refractivity contribution in [2.45, 2.75) is 38.8 Å². The third-order valence-electron chi connectivity index (χ3n) is 1.90. The number of carbonyl (C=O) groups is 2. The maximum atomic E-state index is 11.2. The zero-order valence-corrected chi connectivity index (χ0v) is 8.87. The van der Waals surface area contributed by atoms with Crippen LogP contribution in [0, 0.1) is 0 Å². The molecule has 0 aliphatic rings. The van der Waals surface area contributed by atoms with Gasteiger partial charge >= 0.3 is 5.97 Å². The molecule has 0 aliphatic heterocycles. The lowest BCUT2D eigenvalue weighted by Gasteiger charge is -2.13. The normalized spacial score (nSPS) is 14.3. The van der Waals surface area contributed by atoms with Crippen LogP contribution >= 0.6 is 0 Å². The molecule has 14 heavy (non-hydrogen) atoms. The van der Waals surface area contributed by atoms with Crippen LogP contribution in [-0.4, -0.2) is 31.1 Å². The molecular formula is C9H18N2O3. The van der Waals surface area contributed by atoms with Crippen LogP contribution in [0.2, 0.25) is 0 Å². The first-order valence-electron chi connectivity index (χ1n) is 4.64. The maximum absolute atomic E-state index is 11.2. The third kappa shape index (κ3) is 4.81. The second-order valence-corrected chi connectivity index (χ2v) is 3.18. The molecule has 0 fully saturated rings. The van der Waals surface area contributed by atoms with E-state index in [-0.39, 0.29) is 18.4 Å². The minimum Gasteiger partial charge on any atom is -0.467 e. The summed E-state index contributed by atoms with van der Waals surface area (Å²) in [5.41, 5.74) is 5.58. The van der Waals surface area contributed by atoms with Gasteiger partial charge < -0.3 is 15.8 Å². The lowest BCUT2D eigenvalue weighted by Crippen LogP contribution is -2.41. The van der Waals surface area contributed by atoms with Gasteiger partial charge in [0.15, 0.2) is 0 Å². The van der Waals surface area contributed by atoms with Crippen LogP contribution in [0.4, 0.5) is 0 Å². The van der Waals surface area contributed by atoms with Crippen molar-refractivity contribution < 1.29 is 14.3 Å². The lowest BCUT2D eigenvalue weighted by atomic mass is 10.1. The van der Waals surface area contributed by atoms with Crippen molar-refractivity contribution in [2.75, 3.05) is 7.11 Å². The van der Waals surface area contributed by atoms with E-state index in [9.17, 15) is 9.59 Å². The summed E-state index contributed by atoms with van der Waals surface area (Å²) in [6, 6.07) is -0.767. The molecule has 0 aromatic heterocycles. The van der Waals surface area contributed by atoms with Gasteiger partial charge in [-0.3, -0.25) is 4.79 Å². The van der Waals surface area contributed by atoms with Crippen LogP contribution in [0.5, 0.6) is 0 Å². The fourth-order valence-corrected chi connectivity index (χ4v) is 0.919. The van der Waals surface area contributed by atoms with Crippen molar-refractivity contribution in [1.82, 2.24) is 5.32 Å². The fourth-order valence-electron chi connectivity index (χ4n) is 0.919. The molecule has 3 N–H and O–H groups in total. The van der Waals surface area contributed by atoms with E-state index in [1.165, 1.54) is 7.11 Å². The quantitative estimate of drug-likeness (QED) is 0.604. The van der Waals surface area contributed by atoms with Crippen molar-refractivity contribution >= 4 is 11.9 Å². The van der Waals surface area contributed by atoms with Crippen LogP contribution in [-0.2, 0) is 14.3 Å². The Morgan fingerprint density at radius 1 is 1.50 bits per heavy atom.